The first-order valence-corrected chi connectivity index (χ1v) is 7.94. The lowest BCUT2D eigenvalue weighted by molar-refractivity contribution is 0.385. The van der Waals surface area contributed by atoms with E-state index in [0.717, 1.165) is 41.8 Å². The van der Waals surface area contributed by atoms with E-state index in [-0.39, 0.29) is 0 Å². The molecule has 1 saturated heterocycles. The molecule has 0 radical (unpaired) electrons. The molecule has 1 aliphatic rings. The quantitative estimate of drug-likeness (QED) is 0.782. The van der Waals surface area contributed by atoms with Crippen molar-refractivity contribution in [2.24, 2.45) is 0 Å². The molecule has 3 heterocycles. The lowest BCUT2D eigenvalue weighted by Gasteiger charge is -2.11. The average molecular weight is 329 g/mol. The van der Waals surface area contributed by atoms with Crippen LogP contribution in [0.25, 0.3) is 22.3 Å². The predicted molar refractivity (Wildman–Crippen MR) is 91.3 cm³/mol. The fourth-order valence-corrected chi connectivity index (χ4v) is 3.30. The van der Waals surface area contributed by atoms with Gasteiger partial charge in [0.25, 0.3) is 0 Å². The van der Waals surface area contributed by atoms with Crippen LogP contribution in [0.3, 0.4) is 0 Å². The highest BCUT2D eigenvalue weighted by molar-refractivity contribution is 6.30. The molecule has 1 fully saturated rings. The Kier molecular flexibility index (Phi) is 3.43. The van der Waals surface area contributed by atoms with E-state index >= 15 is 0 Å². The van der Waals surface area contributed by atoms with Gasteiger partial charge < -0.3 is 10.6 Å². The summed E-state index contributed by atoms with van der Waals surface area (Å²) in [6, 6.07) is 7.90. The van der Waals surface area contributed by atoms with Gasteiger partial charge in [-0.05, 0) is 25.6 Å². The zero-order chi connectivity index (χ0) is 16.0. The maximum Gasteiger partial charge on any atom is 0.164 e. The molecule has 118 valence electrons. The number of aromatic nitrogens is 4. The largest absolute Gasteiger partial charge is 0.383 e. The Labute approximate surface area is 138 Å². The first-order chi connectivity index (χ1) is 11.1. The second-order valence-electron chi connectivity index (χ2n) is 5.96. The number of nitrogen functional groups attached to an aromatic ring is 1. The van der Waals surface area contributed by atoms with Gasteiger partial charge in [0.1, 0.15) is 17.8 Å². The van der Waals surface area contributed by atoms with Gasteiger partial charge in [0.15, 0.2) is 5.65 Å². The Morgan fingerprint density at radius 3 is 2.70 bits per heavy atom. The molecule has 7 heteroatoms. The summed E-state index contributed by atoms with van der Waals surface area (Å²) in [4.78, 5) is 10.9. The van der Waals surface area contributed by atoms with Crippen molar-refractivity contribution < 1.29 is 0 Å². The predicted octanol–water partition coefficient (Wildman–Crippen LogP) is 2.61. The van der Waals surface area contributed by atoms with Gasteiger partial charge in [-0.2, -0.15) is 5.10 Å². The molecule has 2 N–H and O–H groups in total. The van der Waals surface area contributed by atoms with E-state index < -0.39 is 0 Å². The number of nitrogens with two attached hydrogens (primary N) is 1. The van der Waals surface area contributed by atoms with Gasteiger partial charge >= 0.3 is 0 Å². The summed E-state index contributed by atoms with van der Waals surface area (Å²) >= 11 is 5.99. The van der Waals surface area contributed by atoms with E-state index in [2.05, 4.69) is 21.9 Å². The standard InChI is InChI=1S/C16H17ClN6/c1-22-7-6-12(8-22)23-16-13(15(18)19-9-20-16)14(21-23)10-2-4-11(17)5-3-10/h2-5,9,12H,6-8H2,1H3,(H2,18,19,20)/t12-/m1/s1. The molecular formula is C16H17ClN6. The Hall–Kier alpha value is -2.18. The number of likely N-dealkylation sites (tertiary alicyclic amines) is 1. The van der Waals surface area contributed by atoms with Crippen molar-refractivity contribution in [1.29, 1.82) is 0 Å². The minimum atomic E-state index is 0.304. The van der Waals surface area contributed by atoms with Crippen LogP contribution in [-0.2, 0) is 0 Å². The Morgan fingerprint density at radius 1 is 1.22 bits per heavy atom. The number of likely N-dealkylation sites (N-methyl/N-ethyl adjacent to an activating group) is 1. The summed E-state index contributed by atoms with van der Waals surface area (Å²) in [5.41, 5.74) is 8.69. The monoisotopic (exact) mass is 328 g/mol. The summed E-state index contributed by atoms with van der Waals surface area (Å²) in [5.74, 6) is 0.456. The third-order valence-corrected chi connectivity index (χ3v) is 4.60. The van der Waals surface area contributed by atoms with Crippen molar-refractivity contribution in [3.8, 4) is 11.3 Å². The SMILES string of the molecule is CN1CC[C@@H](n2nc(-c3ccc(Cl)cc3)c3c(N)ncnc32)C1. The Bertz CT molecular complexity index is 857. The van der Waals surface area contributed by atoms with Gasteiger partial charge in [-0.3, -0.25) is 0 Å². The van der Waals surface area contributed by atoms with Crippen LogP contribution in [-0.4, -0.2) is 44.8 Å². The van der Waals surface area contributed by atoms with Crippen molar-refractivity contribution in [3.63, 3.8) is 0 Å². The zero-order valence-electron chi connectivity index (χ0n) is 12.8. The normalized spacial score (nSPS) is 18.8. The molecule has 0 amide bonds. The van der Waals surface area contributed by atoms with Crippen molar-refractivity contribution in [2.45, 2.75) is 12.5 Å². The highest BCUT2D eigenvalue weighted by atomic mass is 35.5. The molecular weight excluding hydrogens is 312 g/mol. The molecule has 1 atom stereocenters. The lowest BCUT2D eigenvalue weighted by Crippen LogP contribution is -2.17. The van der Waals surface area contributed by atoms with E-state index in [0.29, 0.717) is 16.9 Å². The molecule has 0 spiro atoms. The molecule has 6 nitrogen and oxygen atoms in total. The van der Waals surface area contributed by atoms with Gasteiger partial charge in [0.05, 0.1) is 11.4 Å². The number of benzene rings is 1. The van der Waals surface area contributed by atoms with Crippen LogP contribution >= 0.6 is 11.6 Å². The van der Waals surface area contributed by atoms with Gasteiger partial charge in [-0.15, -0.1) is 0 Å². The van der Waals surface area contributed by atoms with E-state index in [1.807, 2.05) is 28.9 Å². The summed E-state index contributed by atoms with van der Waals surface area (Å²) in [7, 11) is 2.12. The molecule has 0 saturated carbocycles. The molecule has 1 aromatic carbocycles. The van der Waals surface area contributed by atoms with Crippen LogP contribution in [0.2, 0.25) is 5.02 Å². The van der Waals surface area contributed by atoms with Crippen molar-refractivity contribution in [2.75, 3.05) is 25.9 Å². The van der Waals surface area contributed by atoms with Gasteiger partial charge in [-0.25, -0.2) is 14.6 Å². The number of hydrogen-bond acceptors (Lipinski definition) is 5. The minimum absolute atomic E-state index is 0.304. The smallest absolute Gasteiger partial charge is 0.164 e. The molecule has 0 aliphatic carbocycles. The molecule has 0 unspecified atom stereocenters. The van der Waals surface area contributed by atoms with Crippen LogP contribution in [0.4, 0.5) is 5.82 Å². The van der Waals surface area contributed by atoms with Gasteiger partial charge in [0.2, 0.25) is 0 Å². The lowest BCUT2D eigenvalue weighted by atomic mass is 10.1. The molecule has 1 aliphatic heterocycles. The number of rotatable bonds is 2. The van der Waals surface area contributed by atoms with Crippen molar-refractivity contribution >= 4 is 28.5 Å². The Balaban J connectivity index is 1.92. The van der Waals surface area contributed by atoms with Crippen molar-refractivity contribution in [1.82, 2.24) is 24.6 Å². The highest BCUT2D eigenvalue weighted by Gasteiger charge is 2.26. The number of nitrogens with zero attached hydrogens (tertiary/aromatic N) is 5. The van der Waals surface area contributed by atoms with Crippen molar-refractivity contribution in [3.05, 3.63) is 35.6 Å². The number of fused-ring (bicyclic) bond motifs is 1. The first kappa shape index (κ1) is 14.4. The summed E-state index contributed by atoms with van der Waals surface area (Å²) in [6.07, 6.45) is 2.55. The average Bonchev–Trinajstić information content (AvgIpc) is 3.13. The van der Waals surface area contributed by atoms with Crippen LogP contribution in [0, 0.1) is 0 Å². The van der Waals surface area contributed by atoms with E-state index in [9.17, 15) is 0 Å². The van der Waals surface area contributed by atoms with Crippen LogP contribution in [0.15, 0.2) is 30.6 Å². The van der Waals surface area contributed by atoms with E-state index in [1.54, 1.807) is 0 Å². The van der Waals surface area contributed by atoms with Gasteiger partial charge in [-0.1, -0.05) is 23.7 Å². The number of hydrogen-bond donors (Lipinski definition) is 1. The zero-order valence-corrected chi connectivity index (χ0v) is 13.5. The Morgan fingerprint density at radius 2 is 2.00 bits per heavy atom. The highest BCUT2D eigenvalue weighted by Crippen LogP contribution is 2.33. The molecule has 0 bridgehead atoms. The van der Waals surface area contributed by atoms with Crippen LogP contribution in [0.5, 0.6) is 0 Å². The molecule has 2 aromatic heterocycles. The maximum absolute atomic E-state index is 6.12. The second-order valence-corrected chi connectivity index (χ2v) is 6.40. The summed E-state index contributed by atoms with van der Waals surface area (Å²) in [6.45, 7) is 2.02. The molecule has 4 rings (SSSR count). The topological polar surface area (TPSA) is 72.9 Å². The maximum atomic E-state index is 6.12. The number of anilines is 1. The third-order valence-electron chi connectivity index (χ3n) is 4.35. The van der Waals surface area contributed by atoms with Crippen LogP contribution in [0.1, 0.15) is 12.5 Å². The molecule has 3 aromatic rings. The van der Waals surface area contributed by atoms with E-state index in [1.165, 1.54) is 6.33 Å². The first-order valence-electron chi connectivity index (χ1n) is 7.56. The second kappa shape index (κ2) is 5.47. The summed E-state index contributed by atoms with van der Waals surface area (Å²) in [5, 5.41) is 6.33. The number of halogens is 1. The third kappa shape index (κ3) is 2.44. The molecule has 23 heavy (non-hydrogen) atoms. The fraction of sp³-hybridized carbons (Fsp3) is 0.312. The summed E-state index contributed by atoms with van der Waals surface area (Å²) < 4.78 is 2.00. The minimum Gasteiger partial charge on any atom is -0.383 e. The fourth-order valence-electron chi connectivity index (χ4n) is 3.17. The van der Waals surface area contributed by atoms with Crippen LogP contribution < -0.4 is 5.73 Å². The van der Waals surface area contributed by atoms with Gasteiger partial charge in [0, 0.05) is 23.7 Å². The van der Waals surface area contributed by atoms with E-state index in [4.69, 9.17) is 22.4 Å².